The Morgan fingerprint density at radius 2 is 1.57 bits per heavy atom. The lowest BCUT2D eigenvalue weighted by molar-refractivity contribution is 1.03. The Labute approximate surface area is 218 Å². The van der Waals surface area contributed by atoms with Crippen molar-refractivity contribution < 1.29 is 0 Å². The van der Waals surface area contributed by atoms with E-state index in [1.807, 2.05) is 49.4 Å². The molecule has 1 heterocycles. The Kier molecular flexibility index (Phi) is 7.62. The number of nitrogens with two attached hydrogens (primary N) is 1. The van der Waals surface area contributed by atoms with Crippen LogP contribution in [0.5, 0.6) is 0 Å². The van der Waals surface area contributed by atoms with Crippen LogP contribution in [0.15, 0.2) is 67.0 Å². The number of aryl methyl sites for hydroxylation is 1. The maximum Gasteiger partial charge on any atom is 0.159 e. The fraction of sp³-hybridized carbons (Fsp3) is 0.115. The third-order valence-corrected chi connectivity index (χ3v) is 6.33. The summed E-state index contributed by atoms with van der Waals surface area (Å²) in [5.74, 6) is 0.422. The standard InChI is InChI=1S/C26H21Cl3N6/c1-15-10-20(21(12-30)17-4-8-19(28)9-5-17)22(29)11-23(15)35-26-24(31)25(33-14-34-26)32-13-16-2-6-18(27)7-3-16/h2-11,14,21H,13,31H2,1H3,(H2,32,33,34,35). The van der Waals surface area contributed by atoms with E-state index in [1.54, 1.807) is 18.2 Å². The molecule has 4 rings (SSSR count). The SMILES string of the molecule is Cc1cc(C(C#N)c2ccc(Cl)cc2)c(Cl)cc1Nc1ncnc(NCc2ccc(Cl)cc2)c1N. The lowest BCUT2D eigenvalue weighted by Gasteiger charge is -2.17. The molecule has 176 valence electrons. The van der Waals surface area contributed by atoms with Gasteiger partial charge >= 0.3 is 0 Å². The summed E-state index contributed by atoms with van der Waals surface area (Å²) in [4.78, 5) is 8.55. The van der Waals surface area contributed by atoms with E-state index in [4.69, 9.17) is 40.5 Å². The molecule has 4 N–H and O–H groups in total. The van der Waals surface area contributed by atoms with Gasteiger partial charge in [-0.25, -0.2) is 9.97 Å². The molecular weight excluding hydrogens is 503 g/mol. The van der Waals surface area contributed by atoms with Crippen molar-refractivity contribution >= 4 is 57.8 Å². The van der Waals surface area contributed by atoms with Crippen LogP contribution in [0.2, 0.25) is 15.1 Å². The minimum atomic E-state index is -0.527. The monoisotopic (exact) mass is 522 g/mol. The van der Waals surface area contributed by atoms with Crippen molar-refractivity contribution in [2.45, 2.75) is 19.4 Å². The molecule has 0 amide bonds. The Bertz CT molecular complexity index is 1380. The second kappa shape index (κ2) is 10.8. The predicted octanol–water partition coefficient (Wildman–Crippen LogP) is 7.34. The van der Waals surface area contributed by atoms with Gasteiger partial charge in [0.05, 0.1) is 12.0 Å². The lowest BCUT2D eigenvalue weighted by Crippen LogP contribution is -2.09. The summed E-state index contributed by atoms with van der Waals surface area (Å²) < 4.78 is 0. The average molecular weight is 524 g/mol. The maximum absolute atomic E-state index is 9.83. The van der Waals surface area contributed by atoms with Crippen LogP contribution in [-0.2, 0) is 6.54 Å². The van der Waals surface area contributed by atoms with Crippen LogP contribution in [0, 0.1) is 18.3 Å². The highest BCUT2D eigenvalue weighted by Crippen LogP contribution is 2.36. The van der Waals surface area contributed by atoms with Gasteiger partial charge in [-0.1, -0.05) is 65.1 Å². The zero-order valence-corrected chi connectivity index (χ0v) is 21.0. The number of anilines is 4. The fourth-order valence-corrected chi connectivity index (χ4v) is 4.12. The van der Waals surface area contributed by atoms with Crippen LogP contribution in [0.1, 0.15) is 28.2 Å². The fourth-order valence-electron chi connectivity index (χ4n) is 3.59. The largest absolute Gasteiger partial charge is 0.393 e. The minimum absolute atomic E-state index is 0.372. The van der Waals surface area contributed by atoms with Crippen LogP contribution in [0.3, 0.4) is 0 Å². The molecule has 4 aromatic rings. The highest BCUT2D eigenvalue weighted by Gasteiger charge is 2.19. The minimum Gasteiger partial charge on any atom is -0.393 e. The smallest absolute Gasteiger partial charge is 0.159 e. The number of hydrogen-bond donors (Lipinski definition) is 3. The molecule has 0 spiro atoms. The van der Waals surface area contributed by atoms with Gasteiger partial charge in [0.1, 0.15) is 12.0 Å². The van der Waals surface area contributed by atoms with Gasteiger partial charge < -0.3 is 16.4 Å². The third kappa shape index (κ3) is 5.77. The quantitative estimate of drug-likeness (QED) is 0.234. The van der Waals surface area contributed by atoms with E-state index < -0.39 is 5.92 Å². The molecule has 6 nitrogen and oxygen atoms in total. The molecule has 3 aromatic carbocycles. The molecule has 1 unspecified atom stereocenters. The Morgan fingerprint density at radius 3 is 2.23 bits per heavy atom. The number of nitriles is 1. The van der Waals surface area contributed by atoms with Gasteiger partial charge in [0.25, 0.3) is 0 Å². The first-order valence-electron chi connectivity index (χ1n) is 10.7. The van der Waals surface area contributed by atoms with E-state index in [0.29, 0.717) is 44.5 Å². The number of halogens is 3. The topological polar surface area (TPSA) is 99.6 Å². The summed E-state index contributed by atoms with van der Waals surface area (Å²) in [5.41, 5.74) is 10.9. The first kappa shape index (κ1) is 24.6. The highest BCUT2D eigenvalue weighted by atomic mass is 35.5. The third-order valence-electron chi connectivity index (χ3n) is 5.50. The van der Waals surface area contributed by atoms with Crippen molar-refractivity contribution in [2.24, 2.45) is 0 Å². The van der Waals surface area contributed by atoms with Crippen molar-refractivity contribution in [3.8, 4) is 6.07 Å². The molecule has 1 atom stereocenters. The van der Waals surface area contributed by atoms with Crippen LogP contribution in [-0.4, -0.2) is 9.97 Å². The molecule has 9 heteroatoms. The van der Waals surface area contributed by atoms with Gasteiger partial charge in [0.15, 0.2) is 11.6 Å². The number of rotatable bonds is 7. The summed E-state index contributed by atoms with van der Waals surface area (Å²) in [7, 11) is 0. The van der Waals surface area contributed by atoms with Gasteiger partial charge in [0.2, 0.25) is 0 Å². The summed E-state index contributed by atoms with van der Waals surface area (Å²) in [5, 5.41) is 18.0. The number of aromatic nitrogens is 2. The average Bonchev–Trinajstić information content (AvgIpc) is 2.85. The van der Waals surface area contributed by atoms with Gasteiger partial charge in [-0.2, -0.15) is 5.26 Å². The first-order chi connectivity index (χ1) is 16.9. The summed E-state index contributed by atoms with van der Waals surface area (Å²) in [6, 6.07) is 20.7. The maximum atomic E-state index is 9.83. The predicted molar refractivity (Wildman–Crippen MR) is 144 cm³/mol. The molecule has 0 saturated carbocycles. The molecule has 0 aliphatic heterocycles. The van der Waals surface area contributed by atoms with E-state index in [2.05, 4.69) is 26.7 Å². The van der Waals surface area contributed by atoms with Crippen LogP contribution in [0.25, 0.3) is 0 Å². The Morgan fingerprint density at radius 1 is 0.943 bits per heavy atom. The lowest BCUT2D eigenvalue weighted by atomic mass is 9.91. The van der Waals surface area contributed by atoms with E-state index in [1.165, 1.54) is 6.33 Å². The molecule has 0 aliphatic carbocycles. The van der Waals surface area contributed by atoms with Crippen molar-refractivity contribution in [1.29, 1.82) is 5.26 Å². The summed E-state index contributed by atoms with van der Waals surface area (Å²) in [6.45, 7) is 2.45. The summed E-state index contributed by atoms with van der Waals surface area (Å²) >= 11 is 18.6. The second-order valence-electron chi connectivity index (χ2n) is 7.89. The molecule has 35 heavy (non-hydrogen) atoms. The zero-order valence-electron chi connectivity index (χ0n) is 18.7. The Hall–Kier alpha value is -3.50. The second-order valence-corrected chi connectivity index (χ2v) is 9.17. The van der Waals surface area contributed by atoms with Crippen LogP contribution in [0.4, 0.5) is 23.0 Å². The molecule has 0 fully saturated rings. The van der Waals surface area contributed by atoms with Crippen LogP contribution < -0.4 is 16.4 Å². The number of benzene rings is 3. The summed E-state index contributed by atoms with van der Waals surface area (Å²) in [6.07, 6.45) is 1.43. The molecule has 0 bridgehead atoms. The number of nitrogen functional groups attached to an aromatic ring is 1. The highest BCUT2D eigenvalue weighted by molar-refractivity contribution is 6.32. The van der Waals surface area contributed by atoms with Gasteiger partial charge in [-0.05, 0) is 59.5 Å². The molecule has 0 radical (unpaired) electrons. The zero-order chi connectivity index (χ0) is 24.9. The molecule has 0 saturated heterocycles. The molecule has 1 aromatic heterocycles. The van der Waals surface area contributed by atoms with E-state index in [0.717, 1.165) is 22.4 Å². The van der Waals surface area contributed by atoms with E-state index in [9.17, 15) is 5.26 Å². The van der Waals surface area contributed by atoms with Crippen LogP contribution >= 0.6 is 34.8 Å². The van der Waals surface area contributed by atoms with Crippen molar-refractivity contribution in [2.75, 3.05) is 16.4 Å². The molecular formula is C26H21Cl3N6. The van der Waals surface area contributed by atoms with Crippen molar-refractivity contribution in [3.05, 3.63) is 104 Å². The van der Waals surface area contributed by atoms with Crippen molar-refractivity contribution in [3.63, 3.8) is 0 Å². The Balaban J connectivity index is 1.56. The van der Waals surface area contributed by atoms with Crippen molar-refractivity contribution in [1.82, 2.24) is 9.97 Å². The van der Waals surface area contributed by atoms with Gasteiger partial charge in [0, 0.05) is 27.3 Å². The molecule has 0 aliphatic rings. The van der Waals surface area contributed by atoms with Gasteiger partial charge in [-0.3, -0.25) is 0 Å². The number of nitrogens with zero attached hydrogens (tertiary/aromatic N) is 3. The number of nitrogens with one attached hydrogen (secondary N) is 2. The first-order valence-corrected chi connectivity index (χ1v) is 11.8. The van der Waals surface area contributed by atoms with Gasteiger partial charge in [-0.15, -0.1) is 0 Å². The van der Waals surface area contributed by atoms with E-state index in [-0.39, 0.29) is 0 Å². The van der Waals surface area contributed by atoms with E-state index >= 15 is 0 Å². The normalized spacial score (nSPS) is 11.5. The number of hydrogen-bond acceptors (Lipinski definition) is 6.